The van der Waals surface area contributed by atoms with E-state index in [2.05, 4.69) is 20.5 Å². The molecule has 0 bridgehead atoms. The van der Waals surface area contributed by atoms with Gasteiger partial charge >= 0.3 is 0 Å². The molecule has 18 heavy (non-hydrogen) atoms. The third-order valence-electron chi connectivity index (χ3n) is 3.49. The minimum Gasteiger partial charge on any atom is -0.378 e. The summed E-state index contributed by atoms with van der Waals surface area (Å²) in [4.78, 5) is 16.2. The number of carbonyl (C=O) groups excluding carboxylic acids is 1. The number of hydrogen-bond donors (Lipinski definition) is 2. The molecule has 2 aliphatic rings. The third kappa shape index (κ3) is 2.53. The average molecular weight is 250 g/mol. The molecule has 2 N–H and O–H groups in total. The van der Waals surface area contributed by atoms with Gasteiger partial charge in [-0.3, -0.25) is 9.89 Å². The van der Waals surface area contributed by atoms with Gasteiger partial charge in [-0.15, -0.1) is 5.10 Å². The first-order chi connectivity index (χ1) is 8.72. The molecule has 0 spiro atoms. The highest BCUT2D eigenvalue weighted by Gasteiger charge is 2.29. The van der Waals surface area contributed by atoms with Gasteiger partial charge < -0.3 is 10.1 Å². The number of nitrogens with zero attached hydrogens (tertiary/aromatic N) is 2. The van der Waals surface area contributed by atoms with Gasteiger partial charge in [-0.25, -0.2) is 4.98 Å². The molecule has 0 radical (unpaired) electrons. The van der Waals surface area contributed by atoms with E-state index in [4.69, 9.17) is 4.74 Å². The van der Waals surface area contributed by atoms with Crippen LogP contribution in [-0.2, 0) is 4.74 Å². The summed E-state index contributed by atoms with van der Waals surface area (Å²) in [5, 5.41) is 9.80. The lowest BCUT2D eigenvalue weighted by molar-refractivity contribution is 0.0135. The Bertz CT molecular complexity index is 441. The molecule has 1 aromatic rings. The van der Waals surface area contributed by atoms with Crippen LogP contribution in [0.3, 0.4) is 0 Å². The normalized spacial score (nSPS) is 28.1. The Balaban J connectivity index is 1.59. The van der Waals surface area contributed by atoms with Gasteiger partial charge in [-0.1, -0.05) is 0 Å². The van der Waals surface area contributed by atoms with Gasteiger partial charge in [0.05, 0.1) is 6.10 Å². The van der Waals surface area contributed by atoms with Crippen molar-refractivity contribution in [2.45, 2.75) is 50.7 Å². The third-order valence-corrected chi connectivity index (χ3v) is 3.49. The molecule has 2 atom stereocenters. The highest BCUT2D eigenvalue weighted by atomic mass is 16.5. The fraction of sp³-hybridized carbons (Fsp3) is 0.750. The lowest BCUT2D eigenvalue weighted by Crippen LogP contribution is -2.41. The molecule has 98 valence electrons. The standard InChI is InChI=1S/C12H18N4O2/c1-7-6-9(4-5-18-7)13-12(17)11-14-10(15-16-11)8-2-3-8/h7-9H,2-6H2,1H3,(H,13,17)(H,14,15,16). The summed E-state index contributed by atoms with van der Waals surface area (Å²) in [5.41, 5.74) is 0. The maximum Gasteiger partial charge on any atom is 0.291 e. The topological polar surface area (TPSA) is 79.9 Å². The van der Waals surface area contributed by atoms with Crippen LogP contribution in [0.5, 0.6) is 0 Å². The average Bonchev–Trinajstić information content (AvgIpc) is 3.07. The highest BCUT2D eigenvalue weighted by molar-refractivity contribution is 5.90. The van der Waals surface area contributed by atoms with Crippen LogP contribution in [0.15, 0.2) is 0 Å². The van der Waals surface area contributed by atoms with E-state index in [0.717, 1.165) is 31.5 Å². The molecule has 2 heterocycles. The first kappa shape index (κ1) is 11.6. The lowest BCUT2D eigenvalue weighted by atomic mass is 10.0. The zero-order chi connectivity index (χ0) is 12.5. The molecule has 2 unspecified atom stereocenters. The molecular weight excluding hydrogens is 232 g/mol. The van der Waals surface area contributed by atoms with Crippen LogP contribution in [0.1, 0.15) is 55.0 Å². The number of ether oxygens (including phenoxy) is 1. The van der Waals surface area contributed by atoms with E-state index in [-0.39, 0.29) is 23.9 Å². The van der Waals surface area contributed by atoms with Crippen molar-refractivity contribution in [2.24, 2.45) is 0 Å². The fourth-order valence-corrected chi connectivity index (χ4v) is 2.29. The predicted molar refractivity (Wildman–Crippen MR) is 64.3 cm³/mol. The van der Waals surface area contributed by atoms with Gasteiger partial charge in [0.1, 0.15) is 5.82 Å². The van der Waals surface area contributed by atoms with E-state index < -0.39 is 0 Å². The van der Waals surface area contributed by atoms with Crippen molar-refractivity contribution in [3.8, 4) is 0 Å². The Labute approximate surface area is 106 Å². The van der Waals surface area contributed by atoms with Crippen molar-refractivity contribution in [2.75, 3.05) is 6.61 Å². The number of nitrogens with one attached hydrogen (secondary N) is 2. The number of rotatable bonds is 3. The van der Waals surface area contributed by atoms with Crippen LogP contribution in [0.2, 0.25) is 0 Å². The largest absolute Gasteiger partial charge is 0.378 e. The van der Waals surface area contributed by atoms with E-state index in [1.807, 2.05) is 6.92 Å². The quantitative estimate of drug-likeness (QED) is 0.838. The monoisotopic (exact) mass is 250 g/mol. The lowest BCUT2D eigenvalue weighted by Gasteiger charge is -2.27. The molecule has 6 nitrogen and oxygen atoms in total. The second-order valence-electron chi connectivity index (χ2n) is 5.19. The zero-order valence-electron chi connectivity index (χ0n) is 10.5. The van der Waals surface area contributed by atoms with Crippen LogP contribution >= 0.6 is 0 Å². The van der Waals surface area contributed by atoms with Crippen molar-refractivity contribution in [3.63, 3.8) is 0 Å². The molecule has 0 aromatic carbocycles. The van der Waals surface area contributed by atoms with Crippen molar-refractivity contribution in [1.29, 1.82) is 0 Å². The molecule has 6 heteroatoms. The first-order valence-electron chi connectivity index (χ1n) is 6.57. The molecule has 1 aliphatic heterocycles. The predicted octanol–water partition coefficient (Wildman–Crippen LogP) is 0.979. The number of aromatic nitrogens is 3. The smallest absolute Gasteiger partial charge is 0.291 e. The Morgan fingerprint density at radius 1 is 1.44 bits per heavy atom. The highest BCUT2D eigenvalue weighted by Crippen LogP contribution is 2.37. The SMILES string of the molecule is CC1CC(NC(=O)c2n[nH]c(C3CC3)n2)CCO1. The summed E-state index contributed by atoms with van der Waals surface area (Å²) >= 11 is 0. The molecule has 1 saturated heterocycles. The van der Waals surface area contributed by atoms with Crippen molar-refractivity contribution < 1.29 is 9.53 Å². The number of carbonyl (C=O) groups is 1. The maximum atomic E-state index is 12.0. The van der Waals surface area contributed by atoms with Crippen LogP contribution in [-0.4, -0.2) is 39.8 Å². The minimum atomic E-state index is -0.183. The Morgan fingerprint density at radius 2 is 2.28 bits per heavy atom. The van der Waals surface area contributed by atoms with Gasteiger partial charge in [0, 0.05) is 18.6 Å². The van der Waals surface area contributed by atoms with Crippen molar-refractivity contribution in [1.82, 2.24) is 20.5 Å². The Kier molecular flexibility index (Phi) is 3.03. The molecule has 1 amide bonds. The zero-order valence-corrected chi connectivity index (χ0v) is 10.5. The summed E-state index contributed by atoms with van der Waals surface area (Å²) in [6, 6.07) is 0.170. The summed E-state index contributed by atoms with van der Waals surface area (Å²) in [6.07, 6.45) is 4.21. The van der Waals surface area contributed by atoms with E-state index in [0.29, 0.717) is 12.5 Å². The van der Waals surface area contributed by atoms with E-state index in [1.165, 1.54) is 0 Å². The second kappa shape index (κ2) is 4.68. The van der Waals surface area contributed by atoms with Gasteiger partial charge in [-0.2, -0.15) is 0 Å². The molecule has 3 rings (SSSR count). The second-order valence-corrected chi connectivity index (χ2v) is 5.19. The number of H-pyrrole nitrogens is 1. The van der Waals surface area contributed by atoms with Crippen molar-refractivity contribution >= 4 is 5.91 Å². The van der Waals surface area contributed by atoms with E-state index >= 15 is 0 Å². The van der Waals surface area contributed by atoms with Gasteiger partial charge in [0.2, 0.25) is 5.82 Å². The van der Waals surface area contributed by atoms with E-state index in [9.17, 15) is 4.79 Å². The summed E-state index contributed by atoms with van der Waals surface area (Å²) in [5.74, 6) is 1.41. The summed E-state index contributed by atoms with van der Waals surface area (Å²) in [7, 11) is 0. The number of aromatic amines is 1. The molecule has 2 fully saturated rings. The summed E-state index contributed by atoms with van der Waals surface area (Å²) < 4.78 is 5.45. The van der Waals surface area contributed by atoms with Crippen LogP contribution in [0.4, 0.5) is 0 Å². The molecule has 1 aromatic heterocycles. The number of amides is 1. The maximum absolute atomic E-state index is 12.0. The molecule has 1 aliphatic carbocycles. The van der Waals surface area contributed by atoms with Gasteiger partial charge in [0.25, 0.3) is 5.91 Å². The first-order valence-corrected chi connectivity index (χ1v) is 6.57. The minimum absolute atomic E-state index is 0.170. The van der Waals surface area contributed by atoms with Crippen molar-refractivity contribution in [3.05, 3.63) is 11.6 Å². The van der Waals surface area contributed by atoms with Gasteiger partial charge in [0.15, 0.2) is 0 Å². The van der Waals surface area contributed by atoms with Crippen LogP contribution < -0.4 is 5.32 Å². The van der Waals surface area contributed by atoms with E-state index in [1.54, 1.807) is 0 Å². The van der Waals surface area contributed by atoms with Gasteiger partial charge in [-0.05, 0) is 32.6 Å². The Morgan fingerprint density at radius 3 is 3.00 bits per heavy atom. The van der Waals surface area contributed by atoms with Crippen LogP contribution in [0.25, 0.3) is 0 Å². The number of hydrogen-bond acceptors (Lipinski definition) is 4. The Hall–Kier alpha value is -1.43. The molecular formula is C12H18N4O2. The van der Waals surface area contributed by atoms with Crippen LogP contribution in [0, 0.1) is 0 Å². The summed E-state index contributed by atoms with van der Waals surface area (Å²) in [6.45, 7) is 2.73. The fourth-order valence-electron chi connectivity index (χ4n) is 2.29. The molecule has 1 saturated carbocycles.